The Hall–Kier alpha value is -1.75. The number of hydrogen-bond acceptors (Lipinski definition) is 4. The minimum atomic E-state index is 0.684. The van der Waals surface area contributed by atoms with E-state index in [9.17, 15) is 0 Å². The average molecular weight is 257 g/mol. The molecule has 3 rings (SSSR count). The Bertz CT molecular complexity index is 554. The number of rotatable bonds is 5. The van der Waals surface area contributed by atoms with Gasteiger partial charge in [0.05, 0.1) is 12.2 Å². The Morgan fingerprint density at radius 2 is 2.16 bits per heavy atom. The summed E-state index contributed by atoms with van der Waals surface area (Å²) < 4.78 is 1.89. The summed E-state index contributed by atoms with van der Waals surface area (Å²) >= 11 is 0. The van der Waals surface area contributed by atoms with E-state index in [1.165, 1.54) is 18.4 Å². The van der Waals surface area contributed by atoms with Crippen LogP contribution in [-0.2, 0) is 13.1 Å². The number of hydrogen-bond donors (Lipinski definition) is 1. The van der Waals surface area contributed by atoms with Crippen LogP contribution >= 0.6 is 0 Å². The number of nitrogens with one attached hydrogen (secondary N) is 1. The quantitative estimate of drug-likeness (QED) is 0.883. The van der Waals surface area contributed by atoms with Crippen LogP contribution in [0, 0.1) is 13.8 Å². The second kappa shape index (κ2) is 5.09. The van der Waals surface area contributed by atoms with Gasteiger partial charge in [0, 0.05) is 18.8 Å². The van der Waals surface area contributed by atoms with Crippen LogP contribution in [0.4, 0.5) is 0 Å². The van der Waals surface area contributed by atoms with Gasteiger partial charge in [-0.15, -0.1) is 0 Å². The lowest BCUT2D eigenvalue weighted by atomic mass is 10.2. The largest absolute Gasteiger partial charge is 0.310 e. The summed E-state index contributed by atoms with van der Waals surface area (Å²) in [6, 6.07) is 4.94. The normalized spacial score (nSPS) is 14.8. The third kappa shape index (κ3) is 3.17. The third-order valence-corrected chi connectivity index (χ3v) is 3.33. The van der Waals surface area contributed by atoms with Gasteiger partial charge in [0.1, 0.15) is 11.6 Å². The van der Waals surface area contributed by atoms with Crippen LogP contribution in [0.2, 0.25) is 0 Å². The SMILES string of the molecule is Cc1nc(C)n(Cc2ccc(CNC3CC3)cn2)n1. The van der Waals surface area contributed by atoms with Gasteiger partial charge in [0.15, 0.2) is 0 Å². The van der Waals surface area contributed by atoms with Gasteiger partial charge in [-0.05, 0) is 38.3 Å². The molecule has 100 valence electrons. The Morgan fingerprint density at radius 1 is 1.32 bits per heavy atom. The van der Waals surface area contributed by atoms with Crippen LogP contribution < -0.4 is 5.32 Å². The van der Waals surface area contributed by atoms with E-state index in [1.807, 2.05) is 24.7 Å². The van der Waals surface area contributed by atoms with Crippen molar-refractivity contribution in [2.24, 2.45) is 0 Å². The van der Waals surface area contributed by atoms with Crippen molar-refractivity contribution in [1.82, 2.24) is 25.1 Å². The maximum atomic E-state index is 4.49. The van der Waals surface area contributed by atoms with Crippen LogP contribution in [0.1, 0.15) is 35.7 Å². The lowest BCUT2D eigenvalue weighted by Gasteiger charge is -2.05. The van der Waals surface area contributed by atoms with Gasteiger partial charge >= 0.3 is 0 Å². The average Bonchev–Trinajstić information content (AvgIpc) is 3.16. The van der Waals surface area contributed by atoms with Gasteiger partial charge < -0.3 is 5.32 Å². The van der Waals surface area contributed by atoms with E-state index in [-0.39, 0.29) is 0 Å². The minimum absolute atomic E-state index is 0.684. The predicted molar refractivity (Wildman–Crippen MR) is 72.7 cm³/mol. The molecule has 2 aromatic rings. The van der Waals surface area contributed by atoms with Crippen LogP contribution in [-0.4, -0.2) is 25.8 Å². The zero-order chi connectivity index (χ0) is 13.2. The maximum Gasteiger partial charge on any atom is 0.147 e. The highest BCUT2D eigenvalue weighted by molar-refractivity contribution is 5.14. The summed E-state index contributed by atoms with van der Waals surface area (Å²) in [7, 11) is 0. The fourth-order valence-electron chi connectivity index (χ4n) is 2.07. The molecule has 1 N–H and O–H groups in total. The molecule has 0 spiro atoms. The van der Waals surface area contributed by atoms with Crippen molar-refractivity contribution < 1.29 is 0 Å². The number of aromatic nitrogens is 4. The van der Waals surface area contributed by atoms with Crippen molar-refractivity contribution in [2.45, 2.75) is 45.8 Å². The molecular formula is C14H19N5. The van der Waals surface area contributed by atoms with E-state index in [0.29, 0.717) is 6.54 Å². The molecule has 1 aliphatic carbocycles. The first-order chi connectivity index (χ1) is 9.20. The second-order valence-electron chi connectivity index (χ2n) is 5.18. The zero-order valence-electron chi connectivity index (χ0n) is 11.4. The Labute approximate surface area is 113 Å². The van der Waals surface area contributed by atoms with Crippen LogP contribution in [0.5, 0.6) is 0 Å². The summed E-state index contributed by atoms with van der Waals surface area (Å²) in [6.45, 7) is 5.47. The van der Waals surface area contributed by atoms with E-state index in [0.717, 1.165) is 29.9 Å². The molecule has 0 amide bonds. The summed E-state index contributed by atoms with van der Waals surface area (Å²) in [5, 5.41) is 7.84. The second-order valence-corrected chi connectivity index (χ2v) is 5.18. The standard InChI is InChI=1S/C14H19N5/c1-10-17-11(2)19(18-10)9-14-4-3-12(8-16-14)7-15-13-5-6-13/h3-4,8,13,15H,5-7,9H2,1-2H3. The van der Waals surface area contributed by atoms with Gasteiger partial charge in [-0.2, -0.15) is 5.10 Å². The number of nitrogens with zero attached hydrogens (tertiary/aromatic N) is 4. The lowest BCUT2D eigenvalue weighted by molar-refractivity contribution is 0.641. The van der Waals surface area contributed by atoms with Crippen LogP contribution in [0.3, 0.4) is 0 Å². The molecule has 0 aromatic carbocycles. The number of aryl methyl sites for hydroxylation is 2. The van der Waals surface area contributed by atoms with Crippen LogP contribution in [0.15, 0.2) is 18.3 Å². The molecule has 2 aromatic heterocycles. The number of pyridine rings is 1. The van der Waals surface area contributed by atoms with E-state index in [1.54, 1.807) is 0 Å². The van der Waals surface area contributed by atoms with Gasteiger partial charge in [-0.25, -0.2) is 9.67 Å². The molecule has 0 unspecified atom stereocenters. The molecular weight excluding hydrogens is 238 g/mol. The van der Waals surface area contributed by atoms with E-state index >= 15 is 0 Å². The lowest BCUT2D eigenvalue weighted by Crippen LogP contribution is -2.15. The van der Waals surface area contributed by atoms with Crippen molar-refractivity contribution in [1.29, 1.82) is 0 Å². The summed E-state index contributed by atoms with van der Waals surface area (Å²) in [5.41, 5.74) is 2.25. The van der Waals surface area contributed by atoms with Gasteiger partial charge in [-0.3, -0.25) is 4.98 Å². The molecule has 1 fully saturated rings. The van der Waals surface area contributed by atoms with E-state index in [2.05, 4.69) is 32.5 Å². The monoisotopic (exact) mass is 257 g/mol. The van der Waals surface area contributed by atoms with E-state index in [4.69, 9.17) is 0 Å². The molecule has 0 aliphatic heterocycles. The summed E-state index contributed by atoms with van der Waals surface area (Å²) in [6.07, 6.45) is 4.58. The topological polar surface area (TPSA) is 55.6 Å². The van der Waals surface area contributed by atoms with Crippen LogP contribution in [0.25, 0.3) is 0 Å². The molecule has 19 heavy (non-hydrogen) atoms. The highest BCUT2D eigenvalue weighted by atomic mass is 15.3. The Kier molecular flexibility index (Phi) is 3.29. The zero-order valence-corrected chi connectivity index (χ0v) is 11.4. The molecule has 5 heteroatoms. The summed E-state index contributed by atoms with van der Waals surface area (Å²) in [4.78, 5) is 8.79. The van der Waals surface area contributed by atoms with Crippen molar-refractivity contribution in [2.75, 3.05) is 0 Å². The molecule has 1 aliphatic rings. The first-order valence-corrected chi connectivity index (χ1v) is 6.76. The molecule has 2 heterocycles. The fourth-order valence-corrected chi connectivity index (χ4v) is 2.07. The smallest absolute Gasteiger partial charge is 0.147 e. The first kappa shape index (κ1) is 12.3. The van der Waals surface area contributed by atoms with Crippen molar-refractivity contribution in [3.8, 4) is 0 Å². The predicted octanol–water partition coefficient (Wildman–Crippen LogP) is 1.59. The fraction of sp³-hybridized carbons (Fsp3) is 0.500. The van der Waals surface area contributed by atoms with Crippen molar-refractivity contribution >= 4 is 0 Å². The van der Waals surface area contributed by atoms with E-state index < -0.39 is 0 Å². The van der Waals surface area contributed by atoms with Crippen molar-refractivity contribution in [3.05, 3.63) is 41.2 Å². The van der Waals surface area contributed by atoms with Crippen molar-refractivity contribution in [3.63, 3.8) is 0 Å². The van der Waals surface area contributed by atoms with Gasteiger partial charge in [-0.1, -0.05) is 6.07 Å². The molecule has 1 saturated carbocycles. The van der Waals surface area contributed by atoms with Gasteiger partial charge in [0.25, 0.3) is 0 Å². The third-order valence-electron chi connectivity index (χ3n) is 3.33. The highest BCUT2D eigenvalue weighted by Crippen LogP contribution is 2.19. The highest BCUT2D eigenvalue weighted by Gasteiger charge is 2.19. The molecule has 0 atom stereocenters. The minimum Gasteiger partial charge on any atom is -0.310 e. The molecule has 0 saturated heterocycles. The Balaban J connectivity index is 1.63. The first-order valence-electron chi connectivity index (χ1n) is 6.76. The van der Waals surface area contributed by atoms with Gasteiger partial charge in [0.2, 0.25) is 0 Å². The molecule has 0 bridgehead atoms. The molecule has 5 nitrogen and oxygen atoms in total. The maximum absolute atomic E-state index is 4.49. The summed E-state index contributed by atoms with van der Waals surface area (Å²) in [5.74, 6) is 1.74. The molecule has 0 radical (unpaired) electrons. The Morgan fingerprint density at radius 3 is 2.74 bits per heavy atom.